The summed E-state index contributed by atoms with van der Waals surface area (Å²) in [7, 11) is 4.67. The Balaban J connectivity index is 2.32. The molecule has 0 unspecified atom stereocenters. The first-order chi connectivity index (χ1) is 11.5. The van der Waals surface area contributed by atoms with E-state index >= 15 is 0 Å². The molecule has 0 radical (unpaired) electrons. The summed E-state index contributed by atoms with van der Waals surface area (Å²) in [5.41, 5.74) is 6.42. The summed E-state index contributed by atoms with van der Waals surface area (Å²) in [6.45, 7) is 0.167. The topological polar surface area (TPSA) is 80.0 Å². The highest BCUT2D eigenvalue weighted by Crippen LogP contribution is 2.34. The molecule has 2 N–H and O–H groups in total. The number of primary amides is 1. The molecule has 0 atom stereocenters. The van der Waals surface area contributed by atoms with Crippen molar-refractivity contribution in [1.29, 1.82) is 0 Å². The lowest BCUT2D eigenvalue weighted by atomic mass is 10.1. The molecule has 24 heavy (non-hydrogen) atoms. The summed E-state index contributed by atoms with van der Waals surface area (Å²) in [6.07, 6.45) is 0. The molecule has 1 amide bonds. The lowest BCUT2D eigenvalue weighted by molar-refractivity contribution is 0.0996. The largest absolute Gasteiger partial charge is 0.497 e. The van der Waals surface area contributed by atoms with Crippen molar-refractivity contribution in [1.82, 2.24) is 0 Å². The Bertz CT molecular complexity index is 748. The molecule has 128 valence electrons. The van der Waals surface area contributed by atoms with E-state index in [2.05, 4.69) is 15.9 Å². The van der Waals surface area contributed by atoms with E-state index in [-0.39, 0.29) is 12.2 Å². The van der Waals surface area contributed by atoms with Crippen molar-refractivity contribution in [2.24, 2.45) is 5.73 Å². The summed E-state index contributed by atoms with van der Waals surface area (Å²) in [5, 5.41) is 0. The zero-order valence-electron chi connectivity index (χ0n) is 13.6. The number of benzene rings is 2. The van der Waals surface area contributed by atoms with Crippen LogP contribution in [0.2, 0.25) is 0 Å². The van der Waals surface area contributed by atoms with Gasteiger partial charge in [-0.1, -0.05) is 0 Å². The van der Waals surface area contributed by atoms with Gasteiger partial charge in [0.25, 0.3) is 5.91 Å². The Morgan fingerprint density at radius 2 is 1.71 bits per heavy atom. The van der Waals surface area contributed by atoms with Gasteiger partial charge in [0.2, 0.25) is 0 Å². The van der Waals surface area contributed by atoms with Crippen molar-refractivity contribution in [3.05, 3.63) is 45.9 Å². The van der Waals surface area contributed by atoms with Crippen molar-refractivity contribution in [3.63, 3.8) is 0 Å². The van der Waals surface area contributed by atoms with E-state index in [9.17, 15) is 4.79 Å². The van der Waals surface area contributed by atoms with Gasteiger partial charge < -0.3 is 24.7 Å². The lowest BCUT2D eigenvalue weighted by Gasteiger charge is -2.15. The van der Waals surface area contributed by atoms with E-state index in [1.807, 2.05) is 0 Å². The van der Waals surface area contributed by atoms with E-state index in [4.69, 9.17) is 24.7 Å². The first kappa shape index (κ1) is 17.9. The second-order valence-electron chi connectivity index (χ2n) is 4.81. The fourth-order valence-electron chi connectivity index (χ4n) is 2.14. The molecule has 6 nitrogen and oxygen atoms in total. The van der Waals surface area contributed by atoms with Crippen LogP contribution in [0.25, 0.3) is 0 Å². The molecule has 2 aromatic carbocycles. The van der Waals surface area contributed by atoms with E-state index in [0.717, 1.165) is 10.0 Å². The number of hydrogen-bond acceptors (Lipinski definition) is 5. The minimum atomic E-state index is -0.576. The summed E-state index contributed by atoms with van der Waals surface area (Å²) in [5.74, 6) is 1.61. The maximum atomic E-state index is 11.6. The highest BCUT2D eigenvalue weighted by molar-refractivity contribution is 9.10. The predicted octanol–water partition coefficient (Wildman–Crippen LogP) is 3.15. The third kappa shape index (κ3) is 3.91. The number of amides is 1. The van der Waals surface area contributed by atoms with Gasteiger partial charge in [-0.05, 0) is 40.2 Å². The summed E-state index contributed by atoms with van der Waals surface area (Å²) < 4.78 is 22.3. The van der Waals surface area contributed by atoms with Crippen molar-refractivity contribution < 1.29 is 23.7 Å². The van der Waals surface area contributed by atoms with Gasteiger partial charge in [0.05, 0.1) is 31.4 Å². The number of carbonyl (C=O) groups excluding carboxylic acids is 1. The monoisotopic (exact) mass is 395 g/mol. The van der Waals surface area contributed by atoms with Crippen LogP contribution in [0.4, 0.5) is 0 Å². The fraction of sp³-hybridized carbons (Fsp3) is 0.235. The molecule has 0 aliphatic heterocycles. The van der Waals surface area contributed by atoms with Gasteiger partial charge in [0.1, 0.15) is 29.6 Å². The minimum absolute atomic E-state index is 0.167. The first-order valence-electron chi connectivity index (χ1n) is 7.01. The Labute approximate surface area is 148 Å². The van der Waals surface area contributed by atoms with E-state index < -0.39 is 5.91 Å². The fourth-order valence-corrected chi connectivity index (χ4v) is 2.63. The summed E-state index contributed by atoms with van der Waals surface area (Å²) >= 11 is 3.40. The van der Waals surface area contributed by atoms with Gasteiger partial charge in [0.15, 0.2) is 0 Å². The van der Waals surface area contributed by atoms with Crippen molar-refractivity contribution >= 4 is 21.8 Å². The smallest absolute Gasteiger partial charge is 0.252 e. The van der Waals surface area contributed by atoms with Crippen LogP contribution in [0.5, 0.6) is 23.0 Å². The zero-order chi connectivity index (χ0) is 17.7. The second-order valence-corrected chi connectivity index (χ2v) is 5.67. The Kier molecular flexibility index (Phi) is 5.92. The minimum Gasteiger partial charge on any atom is -0.497 e. The quantitative estimate of drug-likeness (QED) is 0.778. The van der Waals surface area contributed by atoms with E-state index in [1.165, 1.54) is 7.11 Å². The predicted molar refractivity (Wildman–Crippen MR) is 93.1 cm³/mol. The van der Waals surface area contributed by atoms with Crippen molar-refractivity contribution in [3.8, 4) is 23.0 Å². The van der Waals surface area contributed by atoms with Crippen LogP contribution in [-0.4, -0.2) is 27.2 Å². The van der Waals surface area contributed by atoms with Crippen molar-refractivity contribution in [2.75, 3.05) is 21.3 Å². The van der Waals surface area contributed by atoms with Crippen LogP contribution in [-0.2, 0) is 6.61 Å². The highest BCUT2D eigenvalue weighted by atomic mass is 79.9. The van der Waals surface area contributed by atoms with Crippen LogP contribution in [0.15, 0.2) is 34.8 Å². The van der Waals surface area contributed by atoms with Crippen LogP contribution >= 0.6 is 15.9 Å². The zero-order valence-corrected chi connectivity index (χ0v) is 15.2. The van der Waals surface area contributed by atoms with Gasteiger partial charge in [-0.2, -0.15) is 0 Å². The maximum Gasteiger partial charge on any atom is 0.252 e. The van der Waals surface area contributed by atoms with Gasteiger partial charge in [-0.25, -0.2) is 0 Å². The maximum absolute atomic E-state index is 11.6. The Morgan fingerprint density at radius 1 is 1.00 bits per heavy atom. The molecule has 0 bridgehead atoms. The first-order valence-corrected chi connectivity index (χ1v) is 7.80. The van der Waals surface area contributed by atoms with Crippen LogP contribution < -0.4 is 24.7 Å². The Hall–Kier alpha value is -2.41. The molecule has 2 aromatic rings. The molecular formula is C17H18BrNO5. The normalized spacial score (nSPS) is 10.2. The molecule has 0 heterocycles. The summed E-state index contributed by atoms with van der Waals surface area (Å²) in [6, 6.07) is 8.42. The molecular weight excluding hydrogens is 378 g/mol. The molecule has 0 saturated carbocycles. The molecule has 0 aliphatic carbocycles. The number of ether oxygens (including phenoxy) is 4. The van der Waals surface area contributed by atoms with Crippen LogP contribution in [0.3, 0.4) is 0 Å². The lowest BCUT2D eigenvalue weighted by Crippen LogP contribution is -2.13. The Morgan fingerprint density at radius 3 is 2.29 bits per heavy atom. The highest BCUT2D eigenvalue weighted by Gasteiger charge is 2.14. The number of nitrogens with two attached hydrogens (primary N) is 1. The van der Waals surface area contributed by atoms with Crippen LogP contribution in [0, 0.1) is 0 Å². The molecule has 0 aliphatic rings. The number of hydrogen-bond donors (Lipinski definition) is 1. The number of carbonyl (C=O) groups is 1. The number of halogens is 1. The number of methoxy groups -OCH3 is 3. The SMILES string of the molecule is COc1ccc(C(N)=O)c(OCc2cc(OC)c(Br)cc2OC)c1. The molecule has 7 heteroatoms. The van der Waals surface area contributed by atoms with Gasteiger partial charge in [0, 0.05) is 11.6 Å². The van der Waals surface area contributed by atoms with E-state index in [0.29, 0.717) is 23.0 Å². The second kappa shape index (κ2) is 7.92. The van der Waals surface area contributed by atoms with Gasteiger partial charge >= 0.3 is 0 Å². The molecule has 0 fully saturated rings. The van der Waals surface area contributed by atoms with Crippen molar-refractivity contribution in [2.45, 2.75) is 6.61 Å². The molecule has 0 saturated heterocycles. The molecule has 0 spiro atoms. The molecule has 0 aromatic heterocycles. The van der Waals surface area contributed by atoms with Gasteiger partial charge in [-0.3, -0.25) is 4.79 Å². The number of rotatable bonds is 7. The molecule has 2 rings (SSSR count). The average Bonchev–Trinajstić information content (AvgIpc) is 2.59. The average molecular weight is 396 g/mol. The third-order valence-electron chi connectivity index (χ3n) is 3.39. The third-order valence-corrected chi connectivity index (χ3v) is 4.01. The van der Waals surface area contributed by atoms with Crippen LogP contribution in [0.1, 0.15) is 15.9 Å². The van der Waals surface area contributed by atoms with Gasteiger partial charge in [-0.15, -0.1) is 0 Å². The summed E-state index contributed by atoms with van der Waals surface area (Å²) in [4.78, 5) is 11.6. The van der Waals surface area contributed by atoms with E-state index in [1.54, 1.807) is 44.6 Å². The standard InChI is InChI=1S/C17H18BrNO5/c1-21-11-4-5-12(17(19)20)15(7-11)24-9-10-6-16(23-3)13(18)8-14(10)22-2/h4-8H,9H2,1-3H3,(H2,19,20).